The van der Waals surface area contributed by atoms with Crippen molar-refractivity contribution in [2.24, 2.45) is 11.0 Å². The number of nitrogens with zero attached hydrogens (tertiary/aromatic N) is 2. The molecule has 0 fully saturated rings. The number of alkyl halides is 1. The van der Waals surface area contributed by atoms with Crippen LogP contribution in [-0.4, -0.2) is 22.6 Å². The van der Waals surface area contributed by atoms with Gasteiger partial charge in [0.15, 0.2) is 0 Å². The number of hydrogen-bond acceptors (Lipinski definition) is 4. The number of thioether (sulfide) groups is 1. The maximum absolute atomic E-state index is 6.35. The molecule has 0 saturated carbocycles. The Kier molecular flexibility index (Phi) is 5.36. The average Bonchev–Trinajstić information content (AvgIpc) is 2.37. The quantitative estimate of drug-likeness (QED) is 0.452. The van der Waals surface area contributed by atoms with Gasteiger partial charge in [0, 0.05) is 12.7 Å². The summed E-state index contributed by atoms with van der Waals surface area (Å²) in [5.74, 6) is 0.332. The van der Waals surface area contributed by atoms with Gasteiger partial charge in [-0.15, -0.1) is 0 Å². The number of halogens is 3. The monoisotopic (exact) mass is 363 g/mol. The lowest BCUT2D eigenvalue weighted by atomic mass is 10.0. The van der Waals surface area contributed by atoms with Gasteiger partial charge in [0.2, 0.25) is 0 Å². The Morgan fingerprint density at radius 1 is 1.29 bits per heavy atom. The molecule has 1 atom stereocenters. The second kappa shape index (κ2) is 6.69. The van der Waals surface area contributed by atoms with Crippen LogP contribution in [0.3, 0.4) is 0 Å². The first-order valence-corrected chi connectivity index (χ1v) is 8.40. The van der Waals surface area contributed by atoms with Crippen LogP contribution in [0.25, 0.3) is 0 Å². The molecule has 1 aliphatic heterocycles. The summed E-state index contributed by atoms with van der Waals surface area (Å²) in [5, 5.41) is 8.02. The molecule has 3 nitrogen and oxygen atoms in total. The fourth-order valence-corrected chi connectivity index (χ4v) is 3.92. The Hall–Kier alpha value is -0.550. The molecule has 0 radical (unpaired) electrons. The van der Waals surface area contributed by atoms with Crippen molar-refractivity contribution in [3.8, 4) is 0 Å². The van der Waals surface area contributed by atoms with Crippen molar-refractivity contribution in [3.05, 3.63) is 33.8 Å². The molecule has 0 bridgehead atoms. The highest BCUT2D eigenvalue weighted by atomic mass is 35.5. The van der Waals surface area contributed by atoms with E-state index in [9.17, 15) is 0 Å². The first-order chi connectivity index (χ1) is 9.79. The predicted molar refractivity (Wildman–Crippen MR) is 94.5 cm³/mol. The Morgan fingerprint density at radius 2 is 1.86 bits per heavy atom. The zero-order valence-electron chi connectivity index (χ0n) is 11.9. The van der Waals surface area contributed by atoms with Gasteiger partial charge in [-0.25, -0.2) is 0 Å². The lowest BCUT2D eigenvalue weighted by Crippen LogP contribution is -2.30. The molecule has 1 heterocycles. The van der Waals surface area contributed by atoms with Crippen molar-refractivity contribution in [3.63, 3.8) is 0 Å². The average molecular weight is 365 g/mol. The first-order valence-electron chi connectivity index (χ1n) is 6.39. The van der Waals surface area contributed by atoms with Crippen LogP contribution >= 0.6 is 46.6 Å². The van der Waals surface area contributed by atoms with Gasteiger partial charge in [0.1, 0.15) is 10.5 Å². The Balaban J connectivity index is 2.34. The molecule has 0 aliphatic carbocycles. The van der Waals surface area contributed by atoms with Gasteiger partial charge in [-0.3, -0.25) is 5.01 Å². The fraction of sp³-hybridized carbons (Fsp3) is 0.357. The van der Waals surface area contributed by atoms with Gasteiger partial charge < -0.3 is 5.73 Å². The van der Waals surface area contributed by atoms with Crippen molar-refractivity contribution in [2.45, 2.75) is 24.2 Å². The summed E-state index contributed by atoms with van der Waals surface area (Å²) in [5.41, 5.74) is 7.14. The molecule has 1 unspecified atom stereocenters. The van der Waals surface area contributed by atoms with Gasteiger partial charge in [0.25, 0.3) is 0 Å². The largest absolute Gasteiger partial charge is 0.399 e. The number of nitrogens with two attached hydrogens (primary N) is 1. The van der Waals surface area contributed by atoms with Crippen molar-refractivity contribution in [1.82, 2.24) is 5.01 Å². The van der Waals surface area contributed by atoms with Crippen LogP contribution in [0.4, 0.5) is 5.69 Å². The van der Waals surface area contributed by atoms with Crippen LogP contribution in [0.5, 0.6) is 0 Å². The second-order valence-corrected chi connectivity index (χ2v) is 7.32. The molecule has 0 spiro atoms. The van der Waals surface area contributed by atoms with E-state index in [0.29, 0.717) is 21.7 Å². The van der Waals surface area contributed by atoms with Gasteiger partial charge in [-0.1, -0.05) is 60.4 Å². The zero-order valence-corrected chi connectivity index (χ0v) is 15.0. The minimum atomic E-state index is -0.230. The molecule has 2 N–H and O–H groups in total. The van der Waals surface area contributed by atoms with Crippen LogP contribution in [0.1, 0.15) is 13.8 Å². The topological polar surface area (TPSA) is 41.6 Å². The number of rotatable bonds is 2. The number of nitrogen functional groups attached to an aromatic ring is 1. The minimum Gasteiger partial charge on any atom is -0.399 e. The zero-order chi connectivity index (χ0) is 15.7. The summed E-state index contributed by atoms with van der Waals surface area (Å²) in [4.78, 5) is 0.743. The lowest BCUT2D eigenvalue weighted by molar-refractivity contribution is 0.337. The molecule has 1 aliphatic rings. The molecule has 114 valence electrons. The Labute approximate surface area is 144 Å². The highest BCUT2D eigenvalue weighted by molar-refractivity contribution is 8.14. The smallest absolute Gasteiger partial charge is 0.142 e. The summed E-state index contributed by atoms with van der Waals surface area (Å²) in [7, 11) is 1.85. The lowest BCUT2D eigenvalue weighted by Gasteiger charge is -2.29. The van der Waals surface area contributed by atoms with E-state index in [0.717, 1.165) is 15.5 Å². The minimum absolute atomic E-state index is 0.230. The highest BCUT2D eigenvalue weighted by Gasteiger charge is 2.24. The maximum Gasteiger partial charge on any atom is 0.142 e. The van der Waals surface area contributed by atoms with Crippen LogP contribution in [0, 0.1) is 5.92 Å². The van der Waals surface area contributed by atoms with Crippen molar-refractivity contribution in [1.29, 1.82) is 0 Å². The fourth-order valence-electron chi connectivity index (χ4n) is 1.94. The number of benzene rings is 1. The molecule has 1 aromatic rings. The molecule has 0 saturated heterocycles. The molecular formula is C14H16Cl3N3S. The van der Waals surface area contributed by atoms with Gasteiger partial charge >= 0.3 is 0 Å². The third-order valence-corrected chi connectivity index (χ3v) is 5.45. The van der Waals surface area contributed by atoms with E-state index in [1.807, 2.05) is 13.1 Å². The first kappa shape index (κ1) is 16.8. The number of hydrogen-bond donors (Lipinski definition) is 1. The number of anilines is 1. The normalized spacial score (nSPS) is 18.8. The van der Waals surface area contributed by atoms with E-state index < -0.39 is 0 Å². The van der Waals surface area contributed by atoms with E-state index in [4.69, 9.17) is 40.5 Å². The van der Waals surface area contributed by atoms with Crippen molar-refractivity contribution >= 4 is 57.3 Å². The standard InChI is InChI=1S/C14H16Cl3N3S/c1-7(2)9-6-12(19-20(3)14(9)17)21-13-10(15)4-8(18)5-11(13)16/h4-7,14H,18H2,1-3H3. The van der Waals surface area contributed by atoms with E-state index in [1.165, 1.54) is 11.8 Å². The number of hydrazone groups is 1. The van der Waals surface area contributed by atoms with Gasteiger partial charge in [-0.05, 0) is 29.7 Å². The van der Waals surface area contributed by atoms with E-state index in [2.05, 4.69) is 18.9 Å². The Morgan fingerprint density at radius 3 is 2.38 bits per heavy atom. The van der Waals surface area contributed by atoms with E-state index in [1.54, 1.807) is 17.1 Å². The maximum atomic E-state index is 6.35. The molecule has 7 heteroatoms. The second-order valence-electron chi connectivity index (χ2n) is 5.06. The van der Waals surface area contributed by atoms with E-state index >= 15 is 0 Å². The SMILES string of the molecule is CC(C)C1=CC(Sc2c(Cl)cc(N)cc2Cl)=NN(C)C1Cl. The summed E-state index contributed by atoms with van der Waals surface area (Å²) in [6, 6.07) is 3.36. The van der Waals surface area contributed by atoms with Gasteiger partial charge in [0.05, 0.1) is 14.9 Å². The third kappa shape index (κ3) is 3.81. The summed E-state index contributed by atoms with van der Waals surface area (Å²) in [6.45, 7) is 4.21. The van der Waals surface area contributed by atoms with E-state index in [-0.39, 0.29) is 5.50 Å². The molecule has 1 aromatic carbocycles. The Bertz CT molecular complexity index is 590. The van der Waals surface area contributed by atoms with Gasteiger partial charge in [-0.2, -0.15) is 5.10 Å². The van der Waals surface area contributed by atoms with Crippen LogP contribution in [0.2, 0.25) is 10.0 Å². The number of likely N-dealkylation sites (N-methyl/N-ethyl adjacent to an activating group) is 1. The van der Waals surface area contributed by atoms with Crippen LogP contribution in [0.15, 0.2) is 33.8 Å². The summed E-state index contributed by atoms with van der Waals surface area (Å²) < 4.78 is 0. The molecular weight excluding hydrogens is 349 g/mol. The highest BCUT2D eigenvalue weighted by Crippen LogP contribution is 2.38. The third-order valence-electron chi connectivity index (χ3n) is 3.04. The summed E-state index contributed by atoms with van der Waals surface area (Å²) >= 11 is 20.2. The summed E-state index contributed by atoms with van der Waals surface area (Å²) in [6.07, 6.45) is 2.00. The predicted octanol–water partition coefficient (Wildman–Crippen LogP) is 5.07. The molecule has 2 rings (SSSR count). The molecule has 0 aromatic heterocycles. The van der Waals surface area contributed by atoms with Crippen molar-refractivity contribution < 1.29 is 0 Å². The van der Waals surface area contributed by atoms with Crippen LogP contribution in [-0.2, 0) is 0 Å². The van der Waals surface area contributed by atoms with Crippen molar-refractivity contribution in [2.75, 3.05) is 12.8 Å². The molecule has 21 heavy (non-hydrogen) atoms. The van der Waals surface area contributed by atoms with Crippen LogP contribution < -0.4 is 5.73 Å². The molecule has 0 amide bonds.